The lowest BCUT2D eigenvalue weighted by atomic mass is 9.80. The van der Waals surface area contributed by atoms with E-state index in [1.165, 1.54) is 31.4 Å². The Bertz CT molecular complexity index is 537. The summed E-state index contributed by atoms with van der Waals surface area (Å²) in [5, 5.41) is 3.35. The van der Waals surface area contributed by atoms with E-state index in [1.807, 2.05) is 0 Å². The quantitative estimate of drug-likeness (QED) is 0.745. The molecule has 2 aliphatic rings. The van der Waals surface area contributed by atoms with Crippen molar-refractivity contribution in [2.45, 2.75) is 50.7 Å². The van der Waals surface area contributed by atoms with E-state index >= 15 is 0 Å². The van der Waals surface area contributed by atoms with Crippen molar-refractivity contribution in [1.82, 2.24) is 10.2 Å². The number of rotatable bonds is 6. The smallest absolute Gasteiger partial charge is 0.428 e. The summed E-state index contributed by atoms with van der Waals surface area (Å²) >= 11 is 0. The maximum absolute atomic E-state index is 13.1. The first-order valence-electron chi connectivity index (χ1n) is 9.37. The van der Waals surface area contributed by atoms with E-state index in [4.69, 9.17) is 0 Å². The zero-order valence-electron chi connectivity index (χ0n) is 14.8. The van der Waals surface area contributed by atoms with Gasteiger partial charge in [0.1, 0.15) is 5.75 Å². The Labute approximate surface area is 151 Å². The Hall–Kier alpha value is -1.34. The average Bonchev–Trinajstić information content (AvgIpc) is 2.65. The number of ether oxygens (including phenoxy) is 1. The molecule has 1 heterocycles. The van der Waals surface area contributed by atoms with Gasteiger partial charge in [-0.2, -0.15) is 17.6 Å². The lowest BCUT2D eigenvalue weighted by Gasteiger charge is -2.41. The van der Waals surface area contributed by atoms with Crippen LogP contribution in [0.3, 0.4) is 0 Å². The number of benzene rings is 1. The molecule has 3 rings (SSSR count). The van der Waals surface area contributed by atoms with Gasteiger partial charge in [0.25, 0.3) is 0 Å². The summed E-state index contributed by atoms with van der Waals surface area (Å²) < 4.78 is 55.0. The van der Waals surface area contributed by atoms with Gasteiger partial charge < -0.3 is 10.1 Å². The Morgan fingerprint density at radius 1 is 1.00 bits per heavy atom. The maximum Gasteiger partial charge on any atom is 0.461 e. The molecule has 0 bridgehead atoms. The SMILES string of the molecule is FC(F)C(F)(F)Oc1ccc([C@H](C2CCCCC2)N2CCNCC2)cc1. The molecule has 1 N–H and O–H groups in total. The van der Waals surface area contributed by atoms with Crippen molar-refractivity contribution in [3.63, 3.8) is 0 Å². The second-order valence-corrected chi connectivity index (χ2v) is 7.16. The maximum atomic E-state index is 13.1. The van der Waals surface area contributed by atoms with Crippen molar-refractivity contribution in [1.29, 1.82) is 0 Å². The van der Waals surface area contributed by atoms with E-state index < -0.39 is 12.5 Å². The van der Waals surface area contributed by atoms with Gasteiger partial charge >= 0.3 is 12.5 Å². The Morgan fingerprint density at radius 2 is 1.62 bits per heavy atom. The molecule has 1 saturated heterocycles. The molecule has 0 spiro atoms. The van der Waals surface area contributed by atoms with Crippen molar-refractivity contribution in [2.75, 3.05) is 26.2 Å². The van der Waals surface area contributed by atoms with Crippen LogP contribution in [-0.4, -0.2) is 43.6 Å². The van der Waals surface area contributed by atoms with Crippen molar-refractivity contribution in [3.05, 3.63) is 29.8 Å². The number of hydrogen-bond donors (Lipinski definition) is 1. The molecule has 0 amide bonds. The lowest BCUT2D eigenvalue weighted by Crippen LogP contribution is -2.47. The van der Waals surface area contributed by atoms with Gasteiger partial charge in [-0.25, -0.2) is 0 Å². The molecule has 1 aliphatic carbocycles. The van der Waals surface area contributed by atoms with Gasteiger partial charge in [0.2, 0.25) is 0 Å². The molecule has 0 aromatic heterocycles. The third kappa shape index (κ3) is 4.68. The molecule has 1 atom stereocenters. The van der Waals surface area contributed by atoms with Crippen LogP contribution in [0.25, 0.3) is 0 Å². The topological polar surface area (TPSA) is 24.5 Å². The zero-order chi connectivity index (χ0) is 18.6. The summed E-state index contributed by atoms with van der Waals surface area (Å²) in [5.41, 5.74) is 1.05. The van der Waals surface area contributed by atoms with Crippen molar-refractivity contribution in [2.24, 2.45) is 5.92 Å². The van der Waals surface area contributed by atoms with Crippen LogP contribution in [0.5, 0.6) is 5.75 Å². The summed E-state index contributed by atoms with van der Waals surface area (Å²) in [4.78, 5) is 2.45. The van der Waals surface area contributed by atoms with Crippen LogP contribution in [0.15, 0.2) is 24.3 Å². The van der Waals surface area contributed by atoms with E-state index in [0.717, 1.165) is 44.6 Å². The Kier molecular flexibility index (Phi) is 6.40. The molecule has 1 aliphatic heterocycles. The minimum absolute atomic E-state index is 0.234. The average molecular weight is 374 g/mol. The van der Waals surface area contributed by atoms with Crippen molar-refractivity contribution in [3.8, 4) is 5.75 Å². The first-order valence-corrected chi connectivity index (χ1v) is 9.37. The largest absolute Gasteiger partial charge is 0.461 e. The summed E-state index contributed by atoms with van der Waals surface area (Å²) in [6, 6.07) is 6.49. The zero-order valence-corrected chi connectivity index (χ0v) is 14.8. The summed E-state index contributed by atoms with van der Waals surface area (Å²) in [7, 11) is 0. The van der Waals surface area contributed by atoms with Gasteiger partial charge in [-0.1, -0.05) is 31.4 Å². The summed E-state index contributed by atoms with van der Waals surface area (Å²) in [5.74, 6) is 0.304. The Balaban J connectivity index is 1.77. The fourth-order valence-corrected chi connectivity index (χ4v) is 4.13. The van der Waals surface area contributed by atoms with Crippen LogP contribution >= 0.6 is 0 Å². The van der Waals surface area contributed by atoms with E-state index in [9.17, 15) is 17.6 Å². The summed E-state index contributed by atoms with van der Waals surface area (Å²) in [6.07, 6.45) is -2.29. The highest BCUT2D eigenvalue weighted by Gasteiger charge is 2.44. The number of alkyl halides is 4. The van der Waals surface area contributed by atoms with E-state index in [-0.39, 0.29) is 11.8 Å². The van der Waals surface area contributed by atoms with Crippen molar-refractivity contribution < 1.29 is 22.3 Å². The number of piperazine rings is 1. The predicted octanol–water partition coefficient (Wildman–Crippen LogP) is 4.45. The van der Waals surface area contributed by atoms with Gasteiger partial charge in [0, 0.05) is 32.2 Å². The second-order valence-electron chi connectivity index (χ2n) is 7.16. The highest BCUT2D eigenvalue weighted by atomic mass is 19.3. The van der Waals surface area contributed by atoms with Crippen LogP contribution in [-0.2, 0) is 0 Å². The van der Waals surface area contributed by atoms with Crippen molar-refractivity contribution >= 4 is 0 Å². The first kappa shape index (κ1) is 19.4. The van der Waals surface area contributed by atoms with Gasteiger partial charge in [-0.05, 0) is 36.5 Å². The third-order valence-electron chi connectivity index (χ3n) is 5.37. The molecule has 7 heteroatoms. The third-order valence-corrected chi connectivity index (χ3v) is 5.37. The van der Waals surface area contributed by atoms with Crippen LogP contribution in [0, 0.1) is 5.92 Å². The van der Waals surface area contributed by atoms with Crippen LogP contribution in [0.4, 0.5) is 17.6 Å². The fourth-order valence-electron chi connectivity index (χ4n) is 4.13. The van der Waals surface area contributed by atoms with Gasteiger partial charge in [-0.3, -0.25) is 4.90 Å². The normalized spacial score (nSPS) is 21.7. The monoisotopic (exact) mass is 374 g/mol. The van der Waals surface area contributed by atoms with Crippen LogP contribution in [0.1, 0.15) is 43.7 Å². The molecular formula is C19H26F4N2O. The van der Waals surface area contributed by atoms with Gasteiger partial charge in [0.05, 0.1) is 0 Å². The van der Waals surface area contributed by atoms with E-state index in [2.05, 4.69) is 15.0 Å². The molecule has 0 radical (unpaired) electrons. The highest BCUT2D eigenvalue weighted by molar-refractivity contribution is 5.30. The molecular weight excluding hydrogens is 348 g/mol. The van der Waals surface area contributed by atoms with Crippen LogP contribution in [0.2, 0.25) is 0 Å². The van der Waals surface area contributed by atoms with Gasteiger partial charge in [-0.15, -0.1) is 0 Å². The Morgan fingerprint density at radius 3 is 2.19 bits per heavy atom. The minimum Gasteiger partial charge on any atom is -0.428 e. The molecule has 26 heavy (non-hydrogen) atoms. The van der Waals surface area contributed by atoms with E-state index in [1.54, 1.807) is 12.1 Å². The molecule has 1 aromatic rings. The number of nitrogens with zero attached hydrogens (tertiary/aromatic N) is 1. The van der Waals surface area contributed by atoms with E-state index in [0.29, 0.717) is 5.92 Å². The highest BCUT2D eigenvalue weighted by Crippen LogP contribution is 2.39. The second kappa shape index (κ2) is 8.57. The fraction of sp³-hybridized carbons (Fsp3) is 0.684. The summed E-state index contributed by atoms with van der Waals surface area (Å²) in [6.45, 7) is 3.77. The van der Waals surface area contributed by atoms with Gasteiger partial charge in [0.15, 0.2) is 0 Å². The molecule has 146 valence electrons. The number of nitrogens with one attached hydrogen (secondary N) is 1. The molecule has 1 saturated carbocycles. The molecule has 0 unspecified atom stereocenters. The molecule has 1 aromatic carbocycles. The predicted molar refractivity (Wildman–Crippen MR) is 91.8 cm³/mol. The first-order chi connectivity index (χ1) is 12.5. The molecule has 3 nitrogen and oxygen atoms in total. The number of hydrogen-bond acceptors (Lipinski definition) is 3. The van der Waals surface area contributed by atoms with Crippen LogP contribution < -0.4 is 10.1 Å². The standard InChI is InChI=1S/C19H26F4N2O/c20-18(21)19(22,23)26-16-8-6-15(7-9-16)17(14-4-2-1-3-5-14)25-12-10-24-11-13-25/h6-9,14,17-18,24H,1-5,10-13H2/t17-/m0/s1. The number of halogens is 4. The minimum atomic E-state index is -4.47. The molecule has 2 fully saturated rings. The lowest BCUT2D eigenvalue weighted by molar-refractivity contribution is -0.253.